The van der Waals surface area contributed by atoms with Crippen LogP contribution >= 0.6 is 11.9 Å². The molecule has 0 amide bonds. The second kappa shape index (κ2) is 10.6. The van der Waals surface area contributed by atoms with Crippen LogP contribution in [0.15, 0.2) is 9.89 Å². The van der Waals surface area contributed by atoms with Gasteiger partial charge in [-0.15, -0.1) is 0 Å². The van der Waals surface area contributed by atoms with E-state index in [9.17, 15) is 4.79 Å². The van der Waals surface area contributed by atoms with Gasteiger partial charge in [0.05, 0.1) is 0 Å². The lowest BCUT2D eigenvalue weighted by molar-refractivity contribution is -0.137. The number of aliphatic carboxylic acids is 1. The molecule has 4 N–H and O–H groups in total. The van der Waals surface area contributed by atoms with Crippen molar-refractivity contribution in [1.29, 1.82) is 0 Å². The molecule has 1 heterocycles. The van der Waals surface area contributed by atoms with Crippen LogP contribution in [0.3, 0.4) is 0 Å². The van der Waals surface area contributed by atoms with Crippen molar-refractivity contribution >= 4 is 23.9 Å². The summed E-state index contributed by atoms with van der Waals surface area (Å²) >= 11 is 1.48. The molecule has 1 aliphatic rings. The standard InChI is InChI=1S/C19H29N3O3S.C2H6/c1-11-12(2)17(13(3)14-10-19(4,5)25-16(11)14)26-22-18(20)21-9-7-6-8-15(23)24;1-2/h6-10H2,1-5H3,(H,23,24)(H3,20,21,22);1-2H3. The molecule has 0 unspecified atom stereocenters. The number of nitrogens with one attached hydrogen (secondary N) is 1. The van der Waals surface area contributed by atoms with E-state index in [4.69, 9.17) is 15.6 Å². The smallest absolute Gasteiger partial charge is 0.303 e. The predicted molar refractivity (Wildman–Crippen MR) is 117 cm³/mol. The van der Waals surface area contributed by atoms with Crippen LogP contribution in [-0.2, 0) is 11.2 Å². The Hall–Kier alpha value is -1.89. The molecule has 1 aromatic carbocycles. The third-order valence-electron chi connectivity index (χ3n) is 4.63. The van der Waals surface area contributed by atoms with E-state index in [1.165, 1.54) is 34.2 Å². The number of benzene rings is 1. The van der Waals surface area contributed by atoms with Crippen LogP contribution in [0, 0.1) is 20.8 Å². The van der Waals surface area contributed by atoms with Gasteiger partial charge in [-0.25, -0.2) is 0 Å². The van der Waals surface area contributed by atoms with Gasteiger partial charge in [-0.2, -0.15) is 0 Å². The Bertz CT molecular complexity index is 730. The fourth-order valence-electron chi connectivity index (χ4n) is 3.12. The van der Waals surface area contributed by atoms with Gasteiger partial charge in [0, 0.05) is 29.8 Å². The van der Waals surface area contributed by atoms with E-state index in [0.29, 0.717) is 25.3 Å². The number of hydrogen-bond acceptors (Lipinski definition) is 4. The van der Waals surface area contributed by atoms with E-state index in [1.807, 2.05) is 13.8 Å². The summed E-state index contributed by atoms with van der Waals surface area (Å²) in [6.07, 6.45) is 2.39. The first-order valence-corrected chi connectivity index (χ1v) is 10.7. The minimum atomic E-state index is -0.777. The number of hydrogen-bond donors (Lipinski definition) is 3. The summed E-state index contributed by atoms with van der Waals surface area (Å²) in [6.45, 7) is 15.1. The van der Waals surface area contributed by atoms with Gasteiger partial charge >= 0.3 is 5.97 Å². The van der Waals surface area contributed by atoms with Crippen molar-refractivity contribution in [2.75, 3.05) is 6.54 Å². The summed E-state index contributed by atoms with van der Waals surface area (Å²) in [7, 11) is 0. The van der Waals surface area contributed by atoms with Crippen LogP contribution in [-0.4, -0.2) is 29.2 Å². The Morgan fingerprint density at radius 3 is 2.46 bits per heavy atom. The first-order valence-electron chi connectivity index (χ1n) is 9.88. The molecule has 0 aliphatic carbocycles. The number of guanidine groups is 1. The van der Waals surface area contributed by atoms with Crippen molar-refractivity contribution in [3.05, 3.63) is 22.3 Å². The number of fused-ring (bicyclic) bond motifs is 1. The Balaban J connectivity index is 0.00000190. The summed E-state index contributed by atoms with van der Waals surface area (Å²) in [6, 6.07) is 0. The summed E-state index contributed by atoms with van der Waals surface area (Å²) in [5.74, 6) is 0.606. The number of aliphatic imine (C=N–C) groups is 1. The molecule has 0 saturated heterocycles. The first-order chi connectivity index (χ1) is 13.1. The van der Waals surface area contributed by atoms with Crippen molar-refractivity contribution in [1.82, 2.24) is 4.72 Å². The van der Waals surface area contributed by atoms with E-state index < -0.39 is 5.97 Å². The second-order valence-electron chi connectivity index (χ2n) is 7.37. The Labute approximate surface area is 173 Å². The maximum Gasteiger partial charge on any atom is 0.303 e. The Kier molecular flexibility index (Phi) is 9.14. The van der Waals surface area contributed by atoms with Gasteiger partial charge in [0.25, 0.3) is 0 Å². The van der Waals surface area contributed by atoms with Crippen molar-refractivity contribution in [2.24, 2.45) is 10.7 Å². The lowest BCUT2D eigenvalue weighted by Crippen LogP contribution is -2.26. The average molecular weight is 410 g/mol. The van der Waals surface area contributed by atoms with Crippen LogP contribution in [0.1, 0.15) is 69.2 Å². The number of unbranched alkanes of at least 4 members (excludes halogenated alkanes) is 1. The van der Waals surface area contributed by atoms with Gasteiger partial charge < -0.3 is 15.6 Å². The molecule has 0 saturated carbocycles. The van der Waals surface area contributed by atoms with E-state index in [2.05, 4.69) is 44.3 Å². The molecule has 6 nitrogen and oxygen atoms in total. The number of carboxylic acids is 1. The molecule has 0 fully saturated rings. The quantitative estimate of drug-likeness (QED) is 0.265. The summed E-state index contributed by atoms with van der Waals surface area (Å²) in [5.41, 5.74) is 10.6. The Morgan fingerprint density at radius 1 is 1.21 bits per heavy atom. The molecule has 1 aromatic rings. The SMILES string of the molecule is CC.Cc1c(C)c(SNC(N)=NCCCCC(=O)O)c(C)c2c1OC(C)(C)C2. The Morgan fingerprint density at radius 2 is 1.86 bits per heavy atom. The number of rotatable bonds is 7. The molecule has 28 heavy (non-hydrogen) atoms. The fourth-order valence-corrected chi connectivity index (χ4v) is 3.97. The number of nitrogens with two attached hydrogens (primary N) is 1. The third-order valence-corrected chi connectivity index (χ3v) is 5.76. The third kappa shape index (κ3) is 6.33. The van der Waals surface area contributed by atoms with Crippen LogP contribution in [0.2, 0.25) is 0 Å². The van der Waals surface area contributed by atoms with E-state index >= 15 is 0 Å². The molecule has 7 heteroatoms. The van der Waals surface area contributed by atoms with Crippen LogP contribution < -0.4 is 15.2 Å². The van der Waals surface area contributed by atoms with Crippen molar-refractivity contribution in [3.63, 3.8) is 0 Å². The van der Waals surface area contributed by atoms with Gasteiger partial charge in [-0.3, -0.25) is 14.5 Å². The van der Waals surface area contributed by atoms with Crippen LogP contribution in [0.4, 0.5) is 0 Å². The fraction of sp³-hybridized carbons (Fsp3) is 0.619. The first kappa shape index (κ1) is 24.1. The lowest BCUT2D eigenvalue weighted by Gasteiger charge is -2.19. The number of nitrogens with zero attached hydrogens (tertiary/aromatic N) is 1. The maximum absolute atomic E-state index is 10.5. The molecule has 2 rings (SSSR count). The molecule has 0 radical (unpaired) electrons. The van der Waals surface area contributed by atoms with Gasteiger partial charge in [0.15, 0.2) is 5.96 Å². The summed E-state index contributed by atoms with van der Waals surface area (Å²) in [5, 5.41) is 8.62. The summed E-state index contributed by atoms with van der Waals surface area (Å²) < 4.78 is 9.25. The normalized spacial score (nSPS) is 14.6. The number of ether oxygens (including phenoxy) is 1. The van der Waals surface area contributed by atoms with Crippen molar-refractivity contribution in [3.8, 4) is 5.75 Å². The van der Waals surface area contributed by atoms with E-state index in [0.717, 1.165) is 17.1 Å². The monoisotopic (exact) mass is 409 g/mol. The highest BCUT2D eigenvalue weighted by Gasteiger charge is 2.34. The minimum Gasteiger partial charge on any atom is -0.487 e. The molecule has 0 aromatic heterocycles. The van der Waals surface area contributed by atoms with Gasteiger partial charge in [0.2, 0.25) is 0 Å². The zero-order valence-electron chi connectivity index (χ0n) is 18.2. The van der Waals surface area contributed by atoms with Gasteiger partial charge in [0.1, 0.15) is 11.4 Å². The van der Waals surface area contributed by atoms with E-state index in [-0.39, 0.29) is 12.0 Å². The van der Waals surface area contributed by atoms with Crippen molar-refractivity contribution in [2.45, 2.75) is 84.6 Å². The number of carboxylic acid groups (broad SMARTS) is 1. The highest BCUT2D eigenvalue weighted by Crippen LogP contribution is 2.44. The number of carbonyl (C=O) groups is 1. The lowest BCUT2D eigenvalue weighted by atomic mass is 9.94. The molecule has 0 atom stereocenters. The topological polar surface area (TPSA) is 96.9 Å². The largest absolute Gasteiger partial charge is 0.487 e. The molecule has 0 spiro atoms. The second-order valence-corrected chi connectivity index (χ2v) is 8.19. The molecular weight excluding hydrogens is 374 g/mol. The molecular formula is C21H35N3O3S. The molecule has 0 bridgehead atoms. The van der Waals surface area contributed by atoms with Crippen molar-refractivity contribution < 1.29 is 14.6 Å². The summed E-state index contributed by atoms with van der Waals surface area (Å²) in [4.78, 5) is 15.9. The zero-order valence-corrected chi connectivity index (χ0v) is 19.0. The van der Waals surface area contributed by atoms with Crippen LogP contribution in [0.5, 0.6) is 5.75 Å². The molecule has 1 aliphatic heterocycles. The highest BCUT2D eigenvalue weighted by molar-refractivity contribution is 7.98. The minimum absolute atomic E-state index is 0.169. The van der Waals surface area contributed by atoms with Crippen LogP contribution in [0.25, 0.3) is 0 Å². The van der Waals surface area contributed by atoms with Gasteiger partial charge in [-0.1, -0.05) is 13.8 Å². The average Bonchev–Trinajstić information content (AvgIpc) is 2.97. The predicted octanol–water partition coefficient (Wildman–Crippen LogP) is 4.52. The highest BCUT2D eigenvalue weighted by atomic mass is 32.2. The molecule has 158 valence electrons. The van der Waals surface area contributed by atoms with Gasteiger partial charge in [-0.05, 0) is 76.1 Å². The zero-order chi connectivity index (χ0) is 21.5. The maximum atomic E-state index is 10.5. The van der Waals surface area contributed by atoms with E-state index in [1.54, 1.807) is 0 Å².